The maximum absolute atomic E-state index is 5.70. The van der Waals surface area contributed by atoms with Gasteiger partial charge in [-0.25, -0.2) is 9.97 Å². The maximum atomic E-state index is 5.70. The van der Waals surface area contributed by atoms with Gasteiger partial charge in [-0.2, -0.15) is 0 Å². The highest BCUT2D eigenvalue weighted by Gasteiger charge is 2.04. The van der Waals surface area contributed by atoms with Gasteiger partial charge in [0.15, 0.2) is 0 Å². The summed E-state index contributed by atoms with van der Waals surface area (Å²) in [6.45, 7) is 4.48. The lowest BCUT2D eigenvalue weighted by atomic mass is 10.2. The monoisotopic (exact) mass is 181 g/mol. The Labute approximate surface area is 78.1 Å². The number of anilines is 1. The van der Waals surface area contributed by atoms with Crippen molar-refractivity contribution in [1.82, 2.24) is 9.97 Å². The largest absolute Gasteiger partial charge is 0.384 e. The average Bonchev–Trinajstić information content (AvgIpc) is 2.10. The molecule has 0 amide bonds. The molecule has 2 N–H and O–H groups in total. The van der Waals surface area contributed by atoms with E-state index in [4.69, 9.17) is 10.5 Å². The predicted octanol–water partition coefficient (Wildman–Crippen LogP) is 0.865. The van der Waals surface area contributed by atoms with Crippen molar-refractivity contribution in [3.05, 3.63) is 17.1 Å². The summed E-state index contributed by atoms with van der Waals surface area (Å²) >= 11 is 0. The minimum atomic E-state index is 0.568. The van der Waals surface area contributed by atoms with Crippen LogP contribution in [0.4, 0.5) is 5.82 Å². The molecule has 0 aliphatic carbocycles. The van der Waals surface area contributed by atoms with Gasteiger partial charge < -0.3 is 10.5 Å². The Morgan fingerprint density at radius 2 is 2.00 bits per heavy atom. The maximum Gasteiger partial charge on any atom is 0.133 e. The molecule has 0 unspecified atom stereocenters. The fraction of sp³-hybridized carbons (Fsp3) is 0.556. The van der Waals surface area contributed by atoms with Gasteiger partial charge in [0.2, 0.25) is 0 Å². The van der Waals surface area contributed by atoms with Crippen LogP contribution < -0.4 is 5.73 Å². The smallest absolute Gasteiger partial charge is 0.133 e. The molecule has 0 aliphatic rings. The Bertz CT molecular complexity index is 276. The highest BCUT2D eigenvalue weighted by atomic mass is 16.5. The zero-order valence-corrected chi connectivity index (χ0v) is 8.29. The fourth-order valence-electron chi connectivity index (χ4n) is 1.02. The van der Waals surface area contributed by atoms with E-state index >= 15 is 0 Å². The van der Waals surface area contributed by atoms with Crippen molar-refractivity contribution in [1.29, 1.82) is 0 Å². The van der Waals surface area contributed by atoms with Gasteiger partial charge in [0.1, 0.15) is 11.6 Å². The highest BCUT2D eigenvalue weighted by Crippen LogP contribution is 2.10. The van der Waals surface area contributed by atoms with Crippen LogP contribution in [-0.4, -0.2) is 23.7 Å². The van der Waals surface area contributed by atoms with E-state index in [1.165, 1.54) is 0 Å². The number of hydrogen-bond donors (Lipinski definition) is 1. The Morgan fingerprint density at radius 1 is 1.31 bits per heavy atom. The first kappa shape index (κ1) is 9.92. The molecule has 0 fully saturated rings. The lowest BCUT2D eigenvalue weighted by molar-refractivity contribution is 0.200. The van der Waals surface area contributed by atoms with Gasteiger partial charge in [0.25, 0.3) is 0 Å². The summed E-state index contributed by atoms with van der Waals surface area (Å²) in [6.07, 6.45) is 0.710. The van der Waals surface area contributed by atoms with Gasteiger partial charge >= 0.3 is 0 Å². The van der Waals surface area contributed by atoms with E-state index in [1.807, 2.05) is 13.8 Å². The van der Waals surface area contributed by atoms with Gasteiger partial charge in [-0.1, -0.05) is 0 Å². The topological polar surface area (TPSA) is 61.0 Å². The van der Waals surface area contributed by atoms with E-state index in [-0.39, 0.29) is 0 Å². The van der Waals surface area contributed by atoms with Crippen molar-refractivity contribution in [3.63, 3.8) is 0 Å². The van der Waals surface area contributed by atoms with Crippen molar-refractivity contribution in [3.8, 4) is 0 Å². The van der Waals surface area contributed by atoms with Crippen molar-refractivity contribution in [2.45, 2.75) is 20.3 Å². The van der Waals surface area contributed by atoms with Crippen molar-refractivity contribution < 1.29 is 4.74 Å². The molecular weight excluding hydrogens is 166 g/mol. The van der Waals surface area contributed by atoms with Crippen LogP contribution in [0.5, 0.6) is 0 Å². The summed E-state index contributed by atoms with van der Waals surface area (Å²) in [4.78, 5) is 8.46. The standard InChI is InChI=1S/C9H15N3O/c1-6-7(2)11-8(4-5-13-3)12-9(6)10/h4-5H2,1-3H3,(H2,10,11,12). The molecule has 0 aliphatic heterocycles. The molecule has 1 aromatic rings. The molecule has 0 atom stereocenters. The number of rotatable bonds is 3. The molecule has 4 nitrogen and oxygen atoms in total. The number of hydrogen-bond acceptors (Lipinski definition) is 4. The van der Waals surface area contributed by atoms with Gasteiger partial charge in [-0.15, -0.1) is 0 Å². The minimum Gasteiger partial charge on any atom is -0.384 e. The molecule has 0 saturated heterocycles. The number of aromatic nitrogens is 2. The highest BCUT2D eigenvalue weighted by molar-refractivity contribution is 5.40. The van der Waals surface area contributed by atoms with Crippen molar-refractivity contribution in [2.75, 3.05) is 19.5 Å². The molecule has 1 heterocycles. The number of nitrogens with zero attached hydrogens (tertiary/aromatic N) is 2. The van der Waals surface area contributed by atoms with Crippen molar-refractivity contribution >= 4 is 5.82 Å². The molecule has 1 aromatic heterocycles. The third-order valence-electron chi connectivity index (χ3n) is 2.00. The van der Waals surface area contributed by atoms with E-state index in [2.05, 4.69) is 9.97 Å². The van der Waals surface area contributed by atoms with E-state index in [0.717, 1.165) is 17.1 Å². The molecule has 1 rings (SSSR count). The SMILES string of the molecule is COCCc1nc(C)c(C)c(N)n1. The molecule has 0 spiro atoms. The van der Waals surface area contributed by atoms with Gasteiger partial charge in [-0.05, 0) is 13.8 Å². The second-order valence-electron chi connectivity index (χ2n) is 2.98. The normalized spacial score (nSPS) is 10.4. The molecule has 13 heavy (non-hydrogen) atoms. The van der Waals surface area contributed by atoms with E-state index in [1.54, 1.807) is 7.11 Å². The van der Waals surface area contributed by atoms with Gasteiger partial charge in [0.05, 0.1) is 6.61 Å². The number of nitrogens with two attached hydrogens (primary N) is 1. The van der Waals surface area contributed by atoms with Crippen LogP contribution in [0, 0.1) is 13.8 Å². The second-order valence-corrected chi connectivity index (χ2v) is 2.98. The first-order chi connectivity index (χ1) is 6.15. The van der Waals surface area contributed by atoms with Crippen LogP contribution in [-0.2, 0) is 11.2 Å². The van der Waals surface area contributed by atoms with Crippen LogP contribution in [0.3, 0.4) is 0 Å². The molecule has 4 heteroatoms. The summed E-state index contributed by atoms with van der Waals surface area (Å²) in [5, 5.41) is 0. The van der Waals surface area contributed by atoms with Crippen LogP contribution in [0.15, 0.2) is 0 Å². The number of ether oxygens (including phenoxy) is 1. The lowest BCUT2D eigenvalue weighted by Crippen LogP contribution is -2.07. The average molecular weight is 181 g/mol. The first-order valence-electron chi connectivity index (χ1n) is 4.23. The summed E-state index contributed by atoms with van der Waals surface area (Å²) in [5.74, 6) is 1.32. The van der Waals surface area contributed by atoms with Crippen LogP contribution in [0.25, 0.3) is 0 Å². The quantitative estimate of drug-likeness (QED) is 0.751. The number of methoxy groups -OCH3 is 1. The molecule has 0 aromatic carbocycles. The first-order valence-corrected chi connectivity index (χ1v) is 4.23. The lowest BCUT2D eigenvalue weighted by Gasteiger charge is -2.05. The Balaban J connectivity index is 2.86. The minimum absolute atomic E-state index is 0.568. The third kappa shape index (κ3) is 2.39. The predicted molar refractivity (Wildman–Crippen MR) is 51.5 cm³/mol. The Kier molecular flexibility index (Phi) is 3.19. The molecule has 0 radical (unpaired) electrons. The molecule has 0 bridgehead atoms. The number of aryl methyl sites for hydroxylation is 1. The van der Waals surface area contributed by atoms with Gasteiger partial charge in [0, 0.05) is 24.8 Å². The van der Waals surface area contributed by atoms with Gasteiger partial charge in [-0.3, -0.25) is 0 Å². The van der Waals surface area contributed by atoms with E-state index in [9.17, 15) is 0 Å². The van der Waals surface area contributed by atoms with Crippen LogP contribution >= 0.6 is 0 Å². The summed E-state index contributed by atoms with van der Waals surface area (Å²) < 4.78 is 4.93. The molecule has 72 valence electrons. The van der Waals surface area contributed by atoms with E-state index in [0.29, 0.717) is 18.8 Å². The zero-order chi connectivity index (χ0) is 9.84. The number of nitrogen functional groups attached to an aromatic ring is 1. The second kappa shape index (κ2) is 4.18. The third-order valence-corrected chi connectivity index (χ3v) is 2.00. The fourth-order valence-corrected chi connectivity index (χ4v) is 1.02. The van der Waals surface area contributed by atoms with Crippen molar-refractivity contribution in [2.24, 2.45) is 0 Å². The summed E-state index contributed by atoms with van der Waals surface area (Å²) in [5.41, 5.74) is 7.60. The zero-order valence-electron chi connectivity index (χ0n) is 8.29. The molecule has 0 saturated carbocycles. The van der Waals surface area contributed by atoms with Crippen LogP contribution in [0.1, 0.15) is 17.1 Å². The van der Waals surface area contributed by atoms with E-state index < -0.39 is 0 Å². The molecular formula is C9H15N3O. The Hall–Kier alpha value is -1.16. The summed E-state index contributed by atoms with van der Waals surface area (Å²) in [6, 6.07) is 0. The summed E-state index contributed by atoms with van der Waals surface area (Å²) in [7, 11) is 1.66. The van der Waals surface area contributed by atoms with Crippen LogP contribution in [0.2, 0.25) is 0 Å². The Morgan fingerprint density at radius 3 is 2.54 bits per heavy atom.